The Labute approximate surface area is 172 Å². The van der Waals surface area contributed by atoms with Crippen molar-refractivity contribution in [2.75, 3.05) is 18.0 Å². The van der Waals surface area contributed by atoms with Crippen molar-refractivity contribution in [3.05, 3.63) is 47.4 Å². The van der Waals surface area contributed by atoms with E-state index in [1.165, 1.54) is 6.92 Å². The molecule has 0 radical (unpaired) electrons. The zero-order chi connectivity index (χ0) is 21.3. The third-order valence-corrected chi connectivity index (χ3v) is 5.49. The van der Waals surface area contributed by atoms with Crippen LogP contribution in [-0.2, 0) is 17.4 Å². The van der Waals surface area contributed by atoms with Crippen LogP contribution in [0.3, 0.4) is 0 Å². The van der Waals surface area contributed by atoms with Gasteiger partial charge in [0, 0.05) is 25.2 Å². The normalized spacial score (nSPS) is 19.7. The van der Waals surface area contributed by atoms with E-state index in [-0.39, 0.29) is 23.6 Å². The van der Waals surface area contributed by atoms with Crippen LogP contribution in [0.15, 0.2) is 30.3 Å². The molecule has 30 heavy (non-hydrogen) atoms. The SMILES string of the molecule is Cc1nc(N2CCC(NC(=O)C3CCc4ccccc4O3)CC2)cc(C(F)(F)F)n1. The quantitative estimate of drug-likeness (QED) is 0.826. The van der Waals surface area contributed by atoms with Crippen molar-refractivity contribution in [3.8, 4) is 5.75 Å². The van der Waals surface area contributed by atoms with Gasteiger partial charge in [-0.05, 0) is 44.2 Å². The van der Waals surface area contributed by atoms with E-state index in [4.69, 9.17) is 4.74 Å². The number of nitrogens with one attached hydrogen (secondary N) is 1. The Bertz CT molecular complexity index is 927. The van der Waals surface area contributed by atoms with Crippen molar-refractivity contribution < 1.29 is 22.7 Å². The second kappa shape index (κ2) is 8.12. The molecule has 1 aromatic carbocycles. The number of carbonyl (C=O) groups excluding carboxylic acids is 1. The fourth-order valence-corrected chi connectivity index (χ4v) is 3.91. The molecule has 2 aliphatic rings. The lowest BCUT2D eigenvalue weighted by atomic mass is 10.0. The molecule has 2 aromatic rings. The molecule has 1 unspecified atom stereocenters. The Balaban J connectivity index is 1.33. The summed E-state index contributed by atoms with van der Waals surface area (Å²) in [6, 6.07) is 8.64. The third-order valence-electron chi connectivity index (χ3n) is 5.49. The van der Waals surface area contributed by atoms with Gasteiger partial charge in [-0.3, -0.25) is 4.79 Å². The molecule has 1 amide bonds. The summed E-state index contributed by atoms with van der Waals surface area (Å²) in [5.74, 6) is 0.968. The molecule has 0 spiro atoms. The fraction of sp³-hybridized carbons (Fsp3) is 0.476. The van der Waals surface area contributed by atoms with Crippen molar-refractivity contribution in [3.63, 3.8) is 0 Å². The summed E-state index contributed by atoms with van der Waals surface area (Å²) >= 11 is 0. The molecule has 1 fully saturated rings. The standard InChI is InChI=1S/C21H23F3N4O2/c1-13-25-18(21(22,23)24)12-19(26-13)28-10-8-15(9-11-28)27-20(29)17-7-6-14-4-2-3-5-16(14)30-17/h2-5,12,15,17H,6-11H2,1H3,(H,27,29). The summed E-state index contributed by atoms with van der Waals surface area (Å²) in [5.41, 5.74) is 0.170. The topological polar surface area (TPSA) is 67.4 Å². The number of alkyl halides is 3. The van der Waals surface area contributed by atoms with E-state index < -0.39 is 18.0 Å². The minimum absolute atomic E-state index is 0.0421. The average Bonchev–Trinajstić information content (AvgIpc) is 2.73. The first-order valence-electron chi connectivity index (χ1n) is 10.0. The maximum atomic E-state index is 13.0. The van der Waals surface area contributed by atoms with Gasteiger partial charge in [-0.2, -0.15) is 13.2 Å². The number of rotatable bonds is 3. The van der Waals surface area contributed by atoms with Gasteiger partial charge in [-0.15, -0.1) is 0 Å². The van der Waals surface area contributed by atoms with E-state index >= 15 is 0 Å². The Morgan fingerprint density at radius 3 is 2.63 bits per heavy atom. The first-order valence-corrected chi connectivity index (χ1v) is 10.0. The number of nitrogens with zero attached hydrogens (tertiary/aromatic N) is 3. The van der Waals surface area contributed by atoms with Gasteiger partial charge >= 0.3 is 6.18 Å². The number of fused-ring (bicyclic) bond motifs is 1. The number of ether oxygens (including phenoxy) is 1. The number of hydrogen-bond donors (Lipinski definition) is 1. The van der Waals surface area contributed by atoms with Crippen molar-refractivity contribution in [1.82, 2.24) is 15.3 Å². The van der Waals surface area contributed by atoms with Gasteiger partial charge in [0.2, 0.25) is 0 Å². The molecule has 160 valence electrons. The van der Waals surface area contributed by atoms with E-state index in [1.807, 2.05) is 24.3 Å². The fourth-order valence-electron chi connectivity index (χ4n) is 3.91. The second-order valence-corrected chi connectivity index (χ2v) is 7.68. The van der Waals surface area contributed by atoms with E-state index in [9.17, 15) is 18.0 Å². The molecule has 0 aliphatic carbocycles. The summed E-state index contributed by atoms with van der Waals surface area (Å²) in [6.45, 7) is 2.47. The van der Waals surface area contributed by atoms with Crippen LogP contribution in [-0.4, -0.2) is 41.1 Å². The molecule has 6 nitrogen and oxygen atoms in total. The molecule has 2 aliphatic heterocycles. The number of hydrogen-bond acceptors (Lipinski definition) is 5. The first kappa shape index (κ1) is 20.4. The molecule has 1 N–H and O–H groups in total. The highest BCUT2D eigenvalue weighted by Gasteiger charge is 2.34. The van der Waals surface area contributed by atoms with Crippen LogP contribution in [0.1, 0.15) is 36.3 Å². The van der Waals surface area contributed by atoms with Crippen LogP contribution >= 0.6 is 0 Å². The highest BCUT2D eigenvalue weighted by atomic mass is 19.4. The van der Waals surface area contributed by atoms with Gasteiger partial charge < -0.3 is 15.0 Å². The van der Waals surface area contributed by atoms with Crippen LogP contribution in [0.5, 0.6) is 5.75 Å². The molecular weight excluding hydrogens is 397 g/mol. The Morgan fingerprint density at radius 1 is 1.17 bits per heavy atom. The van der Waals surface area contributed by atoms with Crippen LogP contribution in [0.25, 0.3) is 0 Å². The van der Waals surface area contributed by atoms with Gasteiger partial charge in [0.1, 0.15) is 23.1 Å². The summed E-state index contributed by atoms with van der Waals surface area (Å²) < 4.78 is 44.9. The number of halogens is 3. The van der Waals surface area contributed by atoms with E-state index in [0.29, 0.717) is 32.4 Å². The summed E-state index contributed by atoms with van der Waals surface area (Å²) in [5, 5.41) is 3.04. The lowest BCUT2D eigenvalue weighted by Gasteiger charge is -2.34. The lowest BCUT2D eigenvalue weighted by molar-refractivity contribution is -0.141. The Hall–Kier alpha value is -2.84. The van der Waals surface area contributed by atoms with Crippen LogP contribution in [0, 0.1) is 6.92 Å². The van der Waals surface area contributed by atoms with E-state index in [2.05, 4.69) is 15.3 Å². The highest BCUT2D eigenvalue weighted by Crippen LogP contribution is 2.31. The Morgan fingerprint density at radius 2 is 1.90 bits per heavy atom. The van der Waals surface area contributed by atoms with Crippen molar-refractivity contribution >= 4 is 11.7 Å². The number of piperidine rings is 1. The van der Waals surface area contributed by atoms with Gasteiger partial charge in [-0.25, -0.2) is 9.97 Å². The average molecular weight is 420 g/mol. The second-order valence-electron chi connectivity index (χ2n) is 7.68. The zero-order valence-corrected chi connectivity index (χ0v) is 16.6. The maximum Gasteiger partial charge on any atom is 0.433 e. The molecule has 1 atom stereocenters. The number of anilines is 1. The molecule has 0 saturated carbocycles. The highest BCUT2D eigenvalue weighted by molar-refractivity contribution is 5.81. The molecule has 3 heterocycles. The molecule has 0 bridgehead atoms. The number of amides is 1. The zero-order valence-electron chi connectivity index (χ0n) is 16.6. The monoisotopic (exact) mass is 420 g/mol. The predicted octanol–water partition coefficient (Wildman–Crippen LogP) is 3.28. The molecule has 9 heteroatoms. The van der Waals surface area contributed by atoms with Gasteiger partial charge in [0.25, 0.3) is 5.91 Å². The summed E-state index contributed by atoms with van der Waals surface area (Å²) in [6.07, 6.45) is -2.35. The lowest BCUT2D eigenvalue weighted by Crippen LogP contribution is -2.49. The van der Waals surface area contributed by atoms with Crippen LogP contribution in [0.2, 0.25) is 0 Å². The number of aromatic nitrogens is 2. The van der Waals surface area contributed by atoms with Gasteiger partial charge in [-0.1, -0.05) is 18.2 Å². The number of para-hydroxylation sites is 1. The van der Waals surface area contributed by atoms with Crippen molar-refractivity contribution in [2.45, 2.75) is 50.9 Å². The largest absolute Gasteiger partial charge is 0.480 e. The van der Waals surface area contributed by atoms with Crippen molar-refractivity contribution in [1.29, 1.82) is 0 Å². The molecular formula is C21H23F3N4O2. The minimum atomic E-state index is -4.51. The minimum Gasteiger partial charge on any atom is -0.480 e. The summed E-state index contributed by atoms with van der Waals surface area (Å²) in [4.78, 5) is 22.1. The maximum absolute atomic E-state index is 13.0. The van der Waals surface area contributed by atoms with Gasteiger partial charge in [0.15, 0.2) is 6.10 Å². The predicted molar refractivity (Wildman–Crippen MR) is 104 cm³/mol. The molecule has 1 saturated heterocycles. The van der Waals surface area contributed by atoms with E-state index in [1.54, 1.807) is 4.90 Å². The Kier molecular flexibility index (Phi) is 5.53. The smallest absolute Gasteiger partial charge is 0.433 e. The van der Waals surface area contributed by atoms with Crippen LogP contribution < -0.4 is 15.0 Å². The molecule has 4 rings (SSSR count). The number of benzene rings is 1. The first-order chi connectivity index (χ1) is 14.3. The molecule has 1 aromatic heterocycles. The van der Waals surface area contributed by atoms with Crippen LogP contribution in [0.4, 0.5) is 19.0 Å². The summed E-state index contributed by atoms with van der Waals surface area (Å²) in [7, 11) is 0. The number of carbonyl (C=O) groups is 1. The van der Waals surface area contributed by atoms with E-state index in [0.717, 1.165) is 23.8 Å². The van der Waals surface area contributed by atoms with Crippen molar-refractivity contribution in [2.24, 2.45) is 0 Å². The number of aryl methyl sites for hydroxylation is 2. The van der Waals surface area contributed by atoms with Gasteiger partial charge in [0.05, 0.1) is 0 Å². The third kappa shape index (κ3) is 4.49.